The Morgan fingerprint density at radius 3 is 2.12 bits per heavy atom. The van der Waals surface area contributed by atoms with Crippen LogP contribution in [0.3, 0.4) is 0 Å². The van der Waals surface area contributed by atoms with Crippen LogP contribution >= 0.6 is 0 Å². The second kappa shape index (κ2) is 14.7. The number of hydrogen-bond acceptors (Lipinski definition) is 4. The van der Waals surface area contributed by atoms with Gasteiger partial charge in [-0.15, -0.1) is 0 Å². The van der Waals surface area contributed by atoms with Crippen LogP contribution in [0.15, 0.2) is 60.7 Å². The number of esters is 1. The second-order valence-electron chi connectivity index (χ2n) is 8.20. The first kappa shape index (κ1) is 26.9. The maximum absolute atomic E-state index is 13.3. The summed E-state index contributed by atoms with van der Waals surface area (Å²) in [6.07, 6.45) is 1.70. The Kier molecular flexibility index (Phi) is 11.7. The summed E-state index contributed by atoms with van der Waals surface area (Å²) in [4.78, 5) is 41.1. The van der Waals surface area contributed by atoms with Crippen molar-refractivity contribution in [1.82, 2.24) is 15.1 Å². The van der Waals surface area contributed by atoms with Crippen molar-refractivity contribution in [1.29, 1.82) is 0 Å². The summed E-state index contributed by atoms with van der Waals surface area (Å²) in [6.45, 7) is 7.10. The zero-order valence-corrected chi connectivity index (χ0v) is 20.5. The zero-order chi connectivity index (χ0) is 24.8. The molecule has 34 heavy (non-hydrogen) atoms. The third kappa shape index (κ3) is 9.25. The van der Waals surface area contributed by atoms with E-state index in [2.05, 4.69) is 17.4 Å². The second-order valence-corrected chi connectivity index (χ2v) is 8.20. The van der Waals surface area contributed by atoms with E-state index in [9.17, 15) is 14.4 Å². The standard InChI is InChI=1S/C27H37N3O4/c1-4-22(3)30(27(33)28-20-26(32)34-5-2)19-17-25(31)29(21-24-14-10-7-11-15-24)18-16-23-12-8-6-9-13-23/h6-15,22H,4-5,16-21H2,1-3H3,(H,28,33). The van der Waals surface area contributed by atoms with Gasteiger partial charge in [-0.25, -0.2) is 4.79 Å². The van der Waals surface area contributed by atoms with Crippen LogP contribution in [0.5, 0.6) is 0 Å². The zero-order valence-electron chi connectivity index (χ0n) is 20.5. The van der Waals surface area contributed by atoms with Gasteiger partial charge in [-0.05, 0) is 37.8 Å². The summed E-state index contributed by atoms with van der Waals surface area (Å²) in [5.74, 6) is -0.489. The van der Waals surface area contributed by atoms with Crippen LogP contribution in [0.25, 0.3) is 0 Å². The number of hydrogen-bond donors (Lipinski definition) is 1. The molecule has 0 fully saturated rings. The van der Waals surface area contributed by atoms with Gasteiger partial charge in [-0.2, -0.15) is 0 Å². The van der Waals surface area contributed by atoms with Crippen molar-refractivity contribution < 1.29 is 19.1 Å². The number of carbonyl (C=O) groups is 3. The Morgan fingerprint density at radius 2 is 1.53 bits per heavy atom. The minimum Gasteiger partial charge on any atom is -0.465 e. The highest BCUT2D eigenvalue weighted by Gasteiger charge is 2.22. The quantitative estimate of drug-likeness (QED) is 0.451. The molecule has 0 saturated carbocycles. The fourth-order valence-electron chi connectivity index (χ4n) is 3.58. The first-order valence-corrected chi connectivity index (χ1v) is 12.0. The Balaban J connectivity index is 2.03. The molecule has 3 amide bonds. The number of carbonyl (C=O) groups excluding carboxylic acids is 3. The molecule has 0 heterocycles. The molecule has 0 saturated heterocycles. The average Bonchev–Trinajstić information content (AvgIpc) is 2.86. The maximum atomic E-state index is 13.3. The van der Waals surface area contributed by atoms with Crippen LogP contribution in [-0.2, 0) is 27.3 Å². The maximum Gasteiger partial charge on any atom is 0.325 e. The number of benzene rings is 2. The van der Waals surface area contributed by atoms with E-state index in [0.717, 1.165) is 18.4 Å². The predicted octanol–water partition coefficient (Wildman–Crippen LogP) is 4.02. The minimum absolute atomic E-state index is 0.00807. The van der Waals surface area contributed by atoms with Gasteiger partial charge in [0.1, 0.15) is 6.54 Å². The molecule has 0 aromatic heterocycles. The third-order valence-electron chi connectivity index (χ3n) is 5.72. The van der Waals surface area contributed by atoms with E-state index in [-0.39, 0.29) is 44.1 Å². The smallest absolute Gasteiger partial charge is 0.325 e. The van der Waals surface area contributed by atoms with E-state index < -0.39 is 5.97 Å². The molecule has 2 aromatic rings. The number of ether oxygens (including phenoxy) is 1. The van der Waals surface area contributed by atoms with E-state index >= 15 is 0 Å². The van der Waals surface area contributed by atoms with Gasteiger partial charge in [-0.3, -0.25) is 9.59 Å². The van der Waals surface area contributed by atoms with Gasteiger partial charge in [0.2, 0.25) is 5.91 Å². The summed E-state index contributed by atoms with van der Waals surface area (Å²) in [6, 6.07) is 19.6. The summed E-state index contributed by atoms with van der Waals surface area (Å²) in [5, 5.41) is 2.61. The number of rotatable bonds is 13. The van der Waals surface area contributed by atoms with Crippen LogP contribution in [0.1, 0.15) is 44.7 Å². The molecule has 2 aromatic carbocycles. The van der Waals surface area contributed by atoms with Crippen molar-refractivity contribution in [2.45, 2.75) is 52.6 Å². The van der Waals surface area contributed by atoms with Gasteiger partial charge in [-0.1, -0.05) is 67.6 Å². The van der Waals surface area contributed by atoms with E-state index in [1.807, 2.05) is 67.3 Å². The number of nitrogens with one attached hydrogen (secondary N) is 1. The molecule has 0 aliphatic rings. The SMILES string of the molecule is CCOC(=O)CNC(=O)N(CCC(=O)N(CCc1ccccc1)Cc1ccccc1)C(C)CC. The van der Waals surface area contributed by atoms with Crippen molar-refractivity contribution in [3.05, 3.63) is 71.8 Å². The molecule has 0 spiro atoms. The number of amides is 3. The molecule has 1 unspecified atom stereocenters. The molecular formula is C27H37N3O4. The van der Waals surface area contributed by atoms with E-state index in [1.165, 1.54) is 5.56 Å². The average molecular weight is 468 g/mol. The summed E-state index contributed by atoms with van der Waals surface area (Å²) < 4.78 is 4.88. The molecule has 0 radical (unpaired) electrons. The molecule has 0 aliphatic heterocycles. The molecule has 7 nitrogen and oxygen atoms in total. The first-order valence-electron chi connectivity index (χ1n) is 12.0. The third-order valence-corrected chi connectivity index (χ3v) is 5.72. The van der Waals surface area contributed by atoms with Crippen molar-refractivity contribution in [3.8, 4) is 0 Å². The van der Waals surface area contributed by atoms with Crippen molar-refractivity contribution in [2.24, 2.45) is 0 Å². The van der Waals surface area contributed by atoms with Gasteiger partial charge in [0.05, 0.1) is 6.61 Å². The molecule has 0 bridgehead atoms. The lowest BCUT2D eigenvalue weighted by molar-refractivity contribution is -0.141. The fourth-order valence-corrected chi connectivity index (χ4v) is 3.58. The Bertz CT molecular complexity index is 889. The van der Waals surface area contributed by atoms with Crippen LogP contribution in [0.2, 0.25) is 0 Å². The lowest BCUT2D eigenvalue weighted by atomic mass is 10.1. The largest absolute Gasteiger partial charge is 0.465 e. The van der Waals surface area contributed by atoms with E-state index in [0.29, 0.717) is 13.1 Å². The predicted molar refractivity (Wildman–Crippen MR) is 133 cm³/mol. The molecular weight excluding hydrogens is 430 g/mol. The van der Waals surface area contributed by atoms with E-state index in [4.69, 9.17) is 4.74 Å². The van der Waals surface area contributed by atoms with Crippen molar-refractivity contribution >= 4 is 17.9 Å². The van der Waals surface area contributed by atoms with Crippen LogP contribution < -0.4 is 5.32 Å². The summed E-state index contributed by atoms with van der Waals surface area (Å²) in [7, 11) is 0. The van der Waals surface area contributed by atoms with Crippen molar-refractivity contribution in [3.63, 3.8) is 0 Å². The lowest BCUT2D eigenvalue weighted by Crippen LogP contribution is -2.48. The number of nitrogens with zero attached hydrogens (tertiary/aromatic N) is 2. The molecule has 184 valence electrons. The minimum atomic E-state index is -0.481. The summed E-state index contributed by atoms with van der Waals surface area (Å²) >= 11 is 0. The molecule has 2 rings (SSSR count). The highest BCUT2D eigenvalue weighted by Crippen LogP contribution is 2.11. The molecule has 1 atom stereocenters. The molecule has 1 N–H and O–H groups in total. The number of urea groups is 1. The molecule has 7 heteroatoms. The van der Waals surface area contributed by atoms with Gasteiger partial charge in [0.25, 0.3) is 0 Å². The first-order chi connectivity index (χ1) is 16.4. The normalized spacial score (nSPS) is 11.4. The van der Waals surface area contributed by atoms with Gasteiger partial charge in [0, 0.05) is 32.1 Å². The van der Waals surface area contributed by atoms with Crippen LogP contribution in [-0.4, -0.2) is 60.0 Å². The summed E-state index contributed by atoms with van der Waals surface area (Å²) in [5.41, 5.74) is 2.24. The van der Waals surface area contributed by atoms with Gasteiger partial charge >= 0.3 is 12.0 Å². The Labute approximate surface area is 203 Å². The monoisotopic (exact) mass is 467 g/mol. The van der Waals surface area contributed by atoms with Gasteiger partial charge in [0.15, 0.2) is 0 Å². The highest BCUT2D eigenvalue weighted by atomic mass is 16.5. The lowest BCUT2D eigenvalue weighted by Gasteiger charge is -2.30. The van der Waals surface area contributed by atoms with Crippen LogP contribution in [0.4, 0.5) is 4.79 Å². The highest BCUT2D eigenvalue weighted by molar-refractivity contribution is 5.82. The van der Waals surface area contributed by atoms with E-state index in [1.54, 1.807) is 11.8 Å². The molecule has 0 aliphatic carbocycles. The Morgan fingerprint density at radius 1 is 0.912 bits per heavy atom. The van der Waals surface area contributed by atoms with Crippen molar-refractivity contribution in [2.75, 3.05) is 26.2 Å². The Hall–Kier alpha value is -3.35. The van der Waals surface area contributed by atoms with Gasteiger partial charge < -0.3 is 19.9 Å². The topological polar surface area (TPSA) is 79.0 Å². The fraction of sp³-hybridized carbons (Fsp3) is 0.444. The van der Waals surface area contributed by atoms with Crippen LogP contribution in [0, 0.1) is 0 Å².